The Morgan fingerprint density at radius 3 is 2.81 bits per heavy atom. The van der Waals surface area contributed by atoms with Crippen LogP contribution in [0.1, 0.15) is 30.5 Å². The molecular formula is C15H22N2O3S. The Kier molecular flexibility index (Phi) is 5.00. The molecular weight excluding hydrogens is 288 g/mol. The van der Waals surface area contributed by atoms with Crippen LogP contribution < -0.4 is 10.6 Å². The second-order valence-corrected chi connectivity index (χ2v) is 7.84. The first-order valence-corrected chi connectivity index (χ1v) is 8.98. The predicted molar refractivity (Wildman–Crippen MR) is 82.8 cm³/mol. The van der Waals surface area contributed by atoms with Gasteiger partial charge in [0.1, 0.15) is 0 Å². The number of hydrogen-bond donors (Lipinski definition) is 2. The van der Waals surface area contributed by atoms with Crippen molar-refractivity contribution in [3.05, 3.63) is 35.4 Å². The zero-order valence-corrected chi connectivity index (χ0v) is 13.2. The summed E-state index contributed by atoms with van der Waals surface area (Å²) in [5.41, 5.74) is 2.21. The van der Waals surface area contributed by atoms with E-state index in [0.717, 1.165) is 11.1 Å². The van der Waals surface area contributed by atoms with Gasteiger partial charge in [-0.25, -0.2) is 8.42 Å². The molecule has 0 saturated carbocycles. The van der Waals surface area contributed by atoms with Gasteiger partial charge >= 0.3 is 0 Å². The molecule has 1 heterocycles. The first-order valence-electron chi connectivity index (χ1n) is 7.16. The second kappa shape index (κ2) is 6.58. The van der Waals surface area contributed by atoms with Crippen LogP contribution >= 0.6 is 0 Å². The normalized spacial score (nSPS) is 22.5. The average Bonchev–Trinajstić information content (AvgIpc) is 2.37. The van der Waals surface area contributed by atoms with Crippen LogP contribution in [0.3, 0.4) is 0 Å². The summed E-state index contributed by atoms with van der Waals surface area (Å²) in [6, 6.07) is 7.54. The molecule has 2 atom stereocenters. The van der Waals surface area contributed by atoms with Crippen LogP contribution in [0.4, 0.5) is 0 Å². The molecule has 1 aromatic carbocycles. The summed E-state index contributed by atoms with van der Waals surface area (Å²) in [6.45, 7) is 4.37. The summed E-state index contributed by atoms with van der Waals surface area (Å²) in [5.74, 6) is 0.0736. The van der Waals surface area contributed by atoms with Crippen molar-refractivity contribution in [2.24, 2.45) is 0 Å². The van der Waals surface area contributed by atoms with Crippen LogP contribution in [-0.2, 0) is 14.6 Å². The Morgan fingerprint density at radius 1 is 1.43 bits per heavy atom. The van der Waals surface area contributed by atoms with E-state index in [1.165, 1.54) is 0 Å². The van der Waals surface area contributed by atoms with Gasteiger partial charge in [0.25, 0.3) is 0 Å². The largest absolute Gasteiger partial charge is 0.350 e. The lowest BCUT2D eigenvalue weighted by molar-refractivity contribution is -0.122. The maximum Gasteiger partial charge on any atom is 0.222 e. The van der Waals surface area contributed by atoms with E-state index in [2.05, 4.69) is 10.6 Å². The molecule has 5 nitrogen and oxygen atoms in total. The molecule has 116 valence electrons. The first-order chi connectivity index (χ1) is 9.87. The quantitative estimate of drug-likeness (QED) is 0.868. The number of benzene rings is 1. The first kappa shape index (κ1) is 16.0. The van der Waals surface area contributed by atoms with E-state index >= 15 is 0 Å². The molecule has 1 saturated heterocycles. The van der Waals surface area contributed by atoms with Crippen molar-refractivity contribution >= 4 is 15.7 Å². The Balaban J connectivity index is 1.91. The highest BCUT2D eigenvalue weighted by atomic mass is 32.2. The number of sulfone groups is 1. The van der Waals surface area contributed by atoms with Crippen molar-refractivity contribution in [1.29, 1.82) is 0 Å². The SMILES string of the molecule is Cc1ccccc1[C@@H](C)NC(=O)CC1CS(=O)(=O)CCN1. The fourth-order valence-electron chi connectivity index (χ4n) is 2.67. The van der Waals surface area contributed by atoms with E-state index < -0.39 is 9.84 Å². The van der Waals surface area contributed by atoms with Gasteiger partial charge in [-0.1, -0.05) is 24.3 Å². The molecule has 0 spiro atoms. The summed E-state index contributed by atoms with van der Waals surface area (Å²) < 4.78 is 23.1. The lowest BCUT2D eigenvalue weighted by Crippen LogP contribution is -2.47. The highest BCUT2D eigenvalue weighted by molar-refractivity contribution is 7.91. The summed E-state index contributed by atoms with van der Waals surface area (Å²) in [4.78, 5) is 12.1. The third-order valence-corrected chi connectivity index (χ3v) is 5.50. The lowest BCUT2D eigenvalue weighted by atomic mass is 10.0. The maximum absolute atomic E-state index is 12.1. The Hall–Kier alpha value is -1.40. The molecule has 1 fully saturated rings. The molecule has 1 amide bonds. The summed E-state index contributed by atoms with van der Waals surface area (Å²) in [6.07, 6.45) is 0.190. The molecule has 0 radical (unpaired) electrons. The highest BCUT2D eigenvalue weighted by Crippen LogP contribution is 2.17. The number of carbonyl (C=O) groups is 1. The van der Waals surface area contributed by atoms with E-state index in [0.29, 0.717) is 6.54 Å². The molecule has 1 aromatic rings. The zero-order valence-electron chi connectivity index (χ0n) is 12.4. The van der Waals surface area contributed by atoms with Gasteiger partial charge in [0.2, 0.25) is 5.91 Å². The van der Waals surface area contributed by atoms with Crippen molar-refractivity contribution in [1.82, 2.24) is 10.6 Å². The standard InChI is InChI=1S/C15H22N2O3S/c1-11-5-3-4-6-14(11)12(2)17-15(18)9-13-10-21(19,20)8-7-16-13/h3-6,12-13,16H,7-10H2,1-2H3,(H,17,18)/t12-,13?/m1/s1. The van der Waals surface area contributed by atoms with Crippen LogP contribution in [0.5, 0.6) is 0 Å². The van der Waals surface area contributed by atoms with E-state index in [1.807, 2.05) is 38.1 Å². The Bertz CT molecular complexity index is 613. The van der Waals surface area contributed by atoms with Gasteiger partial charge < -0.3 is 10.6 Å². The molecule has 2 rings (SSSR count). The van der Waals surface area contributed by atoms with Crippen molar-refractivity contribution in [3.8, 4) is 0 Å². The smallest absolute Gasteiger partial charge is 0.222 e. The monoisotopic (exact) mass is 310 g/mol. The minimum Gasteiger partial charge on any atom is -0.350 e. The molecule has 21 heavy (non-hydrogen) atoms. The van der Waals surface area contributed by atoms with Crippen molar-refractivity contribution in [2.45, 2.75) is 32.4 Å². The number of hydrogen-bond acceptors (Lipinski definition) is 4. The fraction of sp³-hybridized carbons (Fsp3) is 0.533. The van der Waals surface area contributed by atoms with Crippen LogP contribution in [0, 0.1) is 6.92 Å². The molecule has 0 aliphatic carbocycles. The van der Waals surface area contributed by atoms with Gasteiger partial charge in [-0.2, -0.15) is 0 Å². The Labute approximate surface area is 126 Å². The minimum absolute atomic E-state index is 0.0408. The van der Waals surface area contributed by atoms with Gasteiger partial charge in [-0.05, 0) is 25.0 Å². The molecule has 1 aliphatic heterocycles. The summed E-state index contributed by atoms with van der Waals surface area (Å²) in [5, 5.41) is 6.03. The molecule has 6 heteroatoms. The van der Waals surface area contributed by atoms with Gasteiger partial charge in [0.15, 0.2) is 9.84 Å². The van der Waals surface area contributed by atoms with E-state index in [9.17, 15) is 13.2 Å². The lowest BCUT2D eigenvalue weighted by Gasteiger charge is -2.24. The molecule has 2 N–H and O–H groups in total. The molecule has 0 bridgehead atoms. The zero-order chi connectivity index (χ0) is 15.5. The van der Waals surface area contributed by atoms with Crippen LogP contribution in [0.15, 0.2) is 24.3 Å². The van der Waals surface area contributed by atoms with Crippen LogP contribution in [0.25, 0.3) is 0 Å². The van der Waals surface area contributed by atoms with Gasteiger partial charge in [-0.3, -0.25) is 4.79 Å². The third-order valence-electron chi connectivity index (χ3n) is 3.77. The summed E-state index contributed by atoms with van der Waals surface area (Å²) >= 11 is 0. The third kappa shape index (κ3) is 4.54. The van der Waals surface area contributed by atoms with Gasteiger partial charge in [0.05, 0.1) is 17.5 Å². The highest BCUT2D eigenvalue weighted by Gasteiger charge is 2.26. The topological polar surface area (TPSA) is 75.3 Å². The van der Waals surface area contributed by atoms with E-state index in [-0.39, 0.29) is 35.9 Å². The number of nitrogens with one attached hydrogen (secondary N) is 2. The average molecular weight is 310 g/mol. The van der Waals surface area contributed by atoms with Crippen LogP contribution in [0.2, 0.25) is 0 Å². The second-order valence-electron chi connectivity index (χ2n) is 5.62. The van der Waals surface area contributed by atoms with Gasteiger partial charge in [-0.15, -0.1) is 0 Å². The fourth-order valence-corrected chi connectivity index (χ4v) is 4.12. The Morgan fingerprint density at radius 2 is 2.14 bits per heavy atom. The number of amides is 1. The van der Waals surface area contributed by atoms with Crippen LogP contribution in [-0.4, -0.2) is 38.4 Å². The minimum atomic E-state index is -3.01. The molecule has 0 aromatic heterocycles. The summed E-state index contributed by atoms with van der Waals surface area (Å²) in [7, 11) is -3.01. The number of aryl methyl sites for hydroxylation is 1. The van der Waals surface area contributed by atoms with Gasteiger partial charge in [0, 0.05) is 19.0 Å². The van der Waals surface area contributed by atoms with Crippen molar-refractivity contribution in [3.63, 3.8) is 0 Å². The number of rotatable bonds is 4. The predicted octanol–water partition coefficient (Wildman–Crippen LogP) is 0.949. The van der Waals surface area contributed by atoms with E-state index in [4.69, 9.17) is 0 Å². The van der Waals surface area contributed by atoms with Crippen molar-refractivity contribution in [2.75, 3.05) is 18.1 Å². The van der Waals surface area contributed by atoms with E-state index in [1.54, 1.807) is 0 Å². The van der Waals surface area contributed by atoms with Crippen molar-refractivity contribution < 1.29 is 13.2 Å². The molecule has 1 unspecified atom stereocenters. The number of carbonyl (C=O) groups excluding carboxylic acids is 1. The molecule has 1 aliphatic rings. The maximum atomic E-state index is 12.1.